The van der Waals surface area contributed by atoms with Gasteiger partial charge in [0, 0.05) is 29.3 Å². The van der Waals surface area contributed by atoms with Crippen molar-refractivity contribution in [2.45, 2.75) is 0 Å². The third-order valence-electron chi connectivity index (χ3n) is 6.77. The van der Waals surface area contributed by atoms with Crippen molar-refractivity contribution in [3.8, 4) is 72.9 Å². The Morgan fingerprint density at radius 2 is 0.690 bits per heavy atom. The lowest BCUT2D eigenvalue weighted by molar-refractivity contribution is 1.26. The van der Waals surface area contributed by atoms with E-state index in [-0.39, 0.29) is 0 Å². The number of aromatic nitrogens is 2. The molecule has 0 spiro atoms. The van der Waals surface area contributed by atoms with E-state index in [1.165, 1.54) is 29.3 Å². The molecule has 0 aliphatic heterocycles. The summed E-state index contributed by atoms with van der Waals surface area (Å²) in [5.41, 5.74) is 6.05. The minimum atomic E-state index is 0.886. The van der Waals surface area contributed by atoms with Crippen LogP contribution in [0, 0.1) is 0 Å². The van der Waals surface area contributed by atoms with Crippen LogP contribution in [0.2, 0.25) is 0 Å². The lowest BCUT2D eigenvalue weighted by Crippen LogP contribution is -1.94. The first-order valence-corrected chi connectivity index (χ1v) is 18.3. The molecule has 8 rings (SSSR count). The molecule has 0 aliphatic carbocycles. The quantitative estimate of drug-likeness (QED) is 0.172. The van der Waals surface area contributed by atoms with Gasteiger partial charge in [-0.15, -0.1) is 68.0 Å². The number of thiophene rings is 6. The molecule has 8 aromatic heterocycles. The first-order valence-electron chi connectivity index (χ1n) is 13.2. The summed E-state index contributed by atoms with van der Waals surface area (Å²) >= 11 is 10.6. The second-order valence-electron chi connectivity index (χ2n) is 9.49. The first kappa shape index (κ1) is 26.2. The molecule has 0 saturated carbocycles. The van der Waals surface area contributed by atoms with Gasteiger partial charge in [0.25, 0.3) is 0 Å². The highest BCUT2D eigenvalue weighted by Crippen LogP contribution is 2.41. The molecule has 0 radical (unpaired) electrons. The fraction of sp³-hybridized carbons (Fsp3) is 0. The molecule has 0 atom stereocenters. The molecule has 8 aromatic rings. The highest BCUT2D eigenvalue weighted by Gasteiger charge is 2.16. The van der Waals surface area contributed by atoms with Gasteiger partial charge >= 0.3 is 0 Å². The van der Waals surface area contributed by atoms with Gasteiger partial charge < -0.3 is 0 Å². The predicted octanol–water partition coefficient (Wildman–Crippen LogP) is 12.5. The number of pyridine rings is 2. The van der Waals surface area contributed by atoms with E-state index < -0.39 is 0 Å². The van der Waals surface area contributed by atoms with E-state index >= 15 is 0 Å². The van der Waals surface area contributed by atoms with Crippen molar-refractivity contribution in [2.24, 2.45) is 0 Å². The van der Waals surface area contributed by atoms with Crippen molar-refractivity contribution in [1.29, 1.82) is 0 Å². The van der Waals surface area contributed by atoms with Gasteiger partial charge in [0.05, 0.1) is 32.5 Å². The van der Waals surface area contributed by atoms with Crippen molar-refractivity contribution in [2.75, 3.05) is 0 Å². The fourth-order valence-corrected chi connectivity index (χ4v) is 9.83. The molecule has 0 unspecified atom stereocenters. The Labute approximate surface area is 267 Å². The average Bonchev–Trinajstić information content (AvgIpc) is 3.88. The van der Waals surface area contributed by atoms with Crippen LogP contribution in [-0.2, 0) is 0 Å². The summed E-state index contributed by atoms with van der Waals surface area (Å²) < 4.78 is 0. The third kappa shape index (κ3) is 5.15. The Bertz CT molecular complexity index is 1920. The fourth-order valence-electron chi connectivity index (χ4n) is 4.80. The molecule has 2 nitrogen and oxygen atoms in total. The van der Waals surface area contributed by atoms with Gasteiger partial charge in [-0.3, -0.25) is 0 Å². The molecule has 0 fully saturated rings. The second kappa shape index (κ2) is 11.3. The second-order valence-corrected chi connectivity index (χ2v) is 15.4. The van der Waals surface area contributed by atoms with Gasteiger partial charge in [0.2, 0.25) is 0 Å². The lowest BCUT2D eigenvalue weighted by atomic mass is 10.1. The molecule has 0 aliphatic rings. The maximum Gasteiger partial charge on any atom is 0.0901 e. The zero-order valence-electron chi connectivity index (χ0n) is 21.9. The molecular formula is C34H20N2S6. The third-order valence-corrected chi connectivity index (χ3v) is 13.0. The summed E-state index contributed by atoms with van der Waals surface area (Å²) in [5, 5.41) is 8.52. The Morgan fingerprint density at radius 1 is 0.333 bits per heavy atom. The maximum absolute atomic E-state index is 5.25. The molecule has 8 heterocycles. The molecule has 8 heteroatoms. The van der Waals surface area contributed by atoms with E-state index in [9.17, 15) is 0 Å². The number of hydrogen-bond donors (Lipinski definition) is 0. The monoisotopic (exact) mass is 648 g/mol. The lowest BCUT2D eigenvalue weighted by Gasteiger charge is -2.10. The van der Waals surface area contributed by atoms with E-state index in [0.717, 1.165) is 43.7 Å². The van der Waals surface area contributed by atoms with E-state index in [1.54, 1.807) is 68.0 Å². The zero-order chi connectivity index (χ0) is 27.9. The molecule has 0 bridgehead atoms. The summed E-state index contributed by atoms with van der Waals surface area (Å²) in [4.78, 5) is 20.4. The Balaban J connectivity index is 1.28. The summed E-state index contributed by atoms with van der Waals surface area (Å²) in [6, 6.07) is 34.8. The van der Waals surface area contributed by atoms with Gasteiger partial charge in [0.1, 0.15) is 0 Å². The molecular weight excluding hydrogens is 629 g/mol. The van der Waals surface area contributed by atoms with Crippen LogP contribution in [0.15, 0.2) is 119 Å². The first-order chi connectivity index (χ1) is 20.8. The van der Waals surface area contributed by atoms with Crippen molar-refractivity contribution in [1.82, 2.24) is 9.97 Å². The van der Waals surface area contributed by atoms with E-state index in [1.807, 2.05) is 0 Å². The minimum absolute atomic E-state index is 0.886. The summed E-state index contributed by atoms with van der Waals surface area (Å²) in [7, 11) is 0. The van der Waals surface area contributed by atoms with Gasteiger partial charge in [-0.2, -0.15) is 0 Å². The summed E-state index contributed by atoms with van der Waals surface area (Å²) in [6.45, 7) is 0. The van der Waals surface area contributed by atoms with Crippen molar-refractivity contribution in [3.63, 3.8) is 0 Å². The molecule has 42 heavy (non-hydrogen) atoms. The highest BCUT2D eigenvalue weighted by atomic mass is 32.1. The van der Waals surface area contributed by atoms with Crippen molar-refractivity contribution < 1.29 is 0 Å². The summed E-state index contributed by atoms with van der Waals surface area (Å²) in [6.07, 6.45) is 0. The van der Waals surface area contributed by atoms with Crippen LogP contribution in [0.1, 0.15) is 0 Å². The van der Waals surface area contributed by atoms with E-state index in [4.69, 9.17) is 9.97 Å². The molecule has 0 aromatic carbocycles. The van der Waals surface area contributed by atoms with E-state index in [0.29, 0.717) is 0 Å². The molecule has 202 valence electrons. The SMILES string of the molecule is c1csc(-c2cc(-c3cc(-c4cccs4)cc(-c4ccc(-c5cccs5)s4)n3)nc(-c3ccc(-c4cccs4)s3)c2)c1. The largest absolute Gasteiger partial charge is 0.245 e. The smallest absolute Gasteiger partial charge is 0.0901 e. The topological polar surface area (TPSA) is 25.8 Å². The Kier molecular flexibility index (Phi) is 7.03. The normalized spacial score (nSPS) is 11.3. The molecule has 0 amide bonds. The number of hydrogen-bond acceptors (Lipinski definition) is 8. The van der Waals surface area contributed by atoms with Crippen LogP contribution in [0.3, 0.4) is 0 Å². The standard InChI is InChI=1S/C34H20N2S6/c1-5-27(37-13-1)21-17-23(35-25(19-21)29-9-11-33(41-29)31-7-3-15-39-31)24-18-22(28-6-2-14-38-28)20-26(36-24)30-10-12-34(42-30)32-8-4-16-40-32/h1-20H. The Morgan fingerprint density at radius 3 is 1.07 bits per heavy atom. The van der Waals surface area contributed by atoms with Gasteiger partial charge in [-0.25, -0.2) is 9.97 Å². The van der Waals surface area contributed by atoms with Gasteiger partial charge in [0.15, 0.2) is 0 Å². The van der Waals surface area contributed by atoms with Crippen LogP contribution < -0.4 is 0 Å². The zero-order valence-corrected chi connectivity index (χ0v) is 26.8. The van der Waals surface area contributed by atoms with Crippen LogP contribution in [0.5, 0.6) is 0 Å². The highest BCUT2D eigenvalue weighted by molar-refractivity contribution is 7.23. The molecule has 0 N–H and O–H groups in total. The van der Waals surface area contributed by atoms with Crippen LogP contribution >= 0.6 is 68.0 Å². The molecule has 0 saturated heterocycles. The number of nitrogens with zero attached hydrogens (tertiary/aromatic N) is 2. The van der Waals surface area contributed by atoms with Crippen LogP contribution in [-0.4, -0.2) is 9.97 Å². The predicted molar refractivity (Wildman–Crippen MR) is 187 cm³/mol. The minimum Gasteiger partial charge on any atom is -0.245 e. The Hall–Kier alpha value is -3.50. The van der Waals surface area contributed by atoms with E-state index in [2.05, 4.69) is 119 Å². The average molecular weight is 649 g/mol. The van der Waals surface area contributed by atoms with Crippen molar-refractivity contribution >= 4 is 68.0 Å². The number of rotatable bonds is 7. The van der Waals surface area contributed by atoms with Gasteiger partial charge in [-0.1, -0.05) is 24.3 Å². The van der Waals surface area contributed by atoms with Crippen LogP contribution in [0.25, 0.3) is 72.9 Å². The maximum atomic E-state index is 5.25. The summed E-state index contributed by atoms with van der Waals surface area (Å²) in [5.74, 6) is 0. The van der Waals surface area contributed by atoms with Gasteiger partial charge in [-0.05, 0) is 105 Å². The van der Waals surface area contributed by atoms with Crippen molar-refractivity contribution in [3.05, 3.63) is 119 Å². The van der Waals surface area contributed by atoms with Crippen LogP contribution in [0.4, 0.5) is 0 Å².